The molecule has 142 valence electrons. The molecular formula is C21H17ClN2O4. The second kappa shape index (κ2) is 7.20. The SMILES string of the molecule is O=C1CN(Cc2cccc(Cl)c2)C(=O)c2cc(C(=O)N3CCCC3=O)ccc21. The van der Waals surface area contributed by atoms with Crippen LogP contribution in [0, 0.1) is 0 Å². The van der Waals surface area contributed by atoms with Gasteiger partial charge in [-0.25, -0.2) is 0 Å². The molecule has 2 aromatic rings. The fourth-order valence-corrected chi connectivity index (χ4v) is 3.81. The lowest BCUT2D eigenvalue weighted by atomic mass is 9.95. The van der Waals surface area contributed by atoms with Gasteiger partial charge < -0.3 is 4.90 Å². The zero-order chi connectivity index (χ0) is 19.8. The van der Waals surface area contributed by atoms with Crippen molar-refractivity contribution < 1.29 is 19.2 Å². The van der Waals surface area contributed by atoms with Gasteiger partial charge in [0, 0.05) is 35.7 Å². The number of rotatable bonds is 3. The largest absolute Gasteiger partial charge is 0.327 e. The first-order valence-corrected chi connectivity index (χ1v) is 9.37. The van der Waals surface area contributed by atoms with E-state index in [9.17, 15) is 19.2 Å². The van der Waals surface area contributed by atoms with Crippen molar-refractivity contribution >= 4 is 35.1 Å². The zero-order valence-corrected chi connectivity index (χ0v) is 15.7. The first kappa shape index (κ1) is 18.4. The van der Waals surface area contributed by atoms with Crippen molar-refractivity contribution in [1.82, 2.24) is 9.80 Å². The first-order chi connectivity index (χ1) is 13.4. The summed E-state index contributed by atoms with van der Waals surface area (Å²) in [6.45, 7) is 0.589. The number of fused-ring (bicyclic) bond motifs is 1. The molecule has 7 heteroatoms. The van der Waals surface area contributed by atoms with Crippen molar-refractivity contribution in [3.63, 3.8) is 0 Å². The molecule has 0 unspecified atom stereocenters. The maximum Gasteiger partial charge on any atom is 0.260 e. The highest BCUT2D eigenvalue weighted by Crippen LogP contribution is 2.24. The fourth-order valence-electron chi connectivity index (χ4n) is 3.60. The maximum atomic E-state index is 13.0. The van der Waals surface area contributed by atoms with Crippen LogP contribution in [0.2, 0.25) is 5.02 Å². The lowest BCUT2D eigenvalue weighted by molar-refractivity contribution is -0.125. The summed E-state index contributed by atoms with van der Waals surface area (Å²) in [5, 5.41) is 0.553. The Morgan fingerprint density at radius 3 is 2.57 bits per heavy atom. The molecule has 2 aliphatic rings. The van der Waals surface area contributed by atoms with Gasteiger partial charge in [0.15, 0.2) is 5.78 Å². The van der Waals surface area contributed by atoms with Gasteiger partial charge in [-0.15, -0.1) is 0 Å². The highest BCUT2D eigenvalue weighted by Gasteiger charge is 2.32. The maximum absolute atomic E-state index is 13.0. The molecule has 0 atom stereocenters. The second-order valence-corrected chi connectivity index (χ2v) is 7.37. The summed E-state index contributed by atoms with van der Waals surface area (Å²) >= 11 is 6.00. The van der Waals surface area contributed by atoms with Gasteiger partial charge in [0.2, 0.25) is 5.91 Å². The number of halogens is 1. The van der Waals surface area contributed by atoms with Gasteiger partial charge in [0.05, 0.1) is 12.1 Å². The molecule has 0 bridgehead atoms. The minimum absolute atomic E-state index is 0.0315. The highest BCUT2D eigenvalue weighted by molar-refractivity contribution is 6.30. The molecule has 3 amide bonds. The first-order valence-electron chi connectivity index (χ1n) is 9.00. The molecule has 2 aliphatic heterocycles. The van der Waals surface area contributed by atoms with Crippen LogP contribution in [0.25, 0.3) is 0 Å². The van der Waals surface area contributed by atoms with Gasteiger partial charge >= 0.3 is 0 Å². The lowest BCUT2D eigenvalue weighted by Gasteiger charge is -2.28. The molecule has 1 fully saturated rings. The Labute approximate surface area is 166 Å². The number of imide groups is 1. The average molecular weight is 397 g/mol. The van der Waals surface area contributed by atoms with E-state index in [1.807, 2.05) is 6.07 Å². The van der Waals surface area contributed by atoms with Crippen molar-refractivity contribution in [2.24, 2.45) is 0 Å². The quantitative estimate of drug-likeness (QED) is 0.747. The third-order valence-electron chi connectivity index (χ3n) is 5.00. The Morgan fingerprint density at radius 1 is 1.04 bits per heavy atom. The van der Waals surface area contributed by atoms with Crippen molar-refractivity contribution in [3.8, 4) is 0 Å². The Hall–Kier alpha value is -2.99. The molecule has 28 heavy (non-hydrogen) atoms. The summed E-state index contributed by atoms with van der Waals surface area (Å²) in [6.07, 6.45) is 0.988. The van der Waals surface area contributed by atoms with Gasteiger partial charge in [-0.1, -0.05) is 23.7 Å². The number of hydrogen-bond acceptors (Lipinski definition) is 4. The molecule has 6 nitrogen and oxygen atoms in total. The molecule has 2 heterocycles. The third kappa shape index (κ3) is 3.31. The van der Waals surface area contributed by atoms with Gasteiger partial charge in [-0.2, -0.15) is 0 Å². The van der Waals surface area contributed by atoms with Gasteiger partial charge in [-0.3, -0.25) is 24.1 Å². The van der Waals surface area contributed by atoms with Crippen LogP contribution in [0.1, 0.15) is 49.5 Å². The Balaban J connectivity index is 1.63. The van der Waals surface area contributed by atoms with Gasteiger partial charge in [-0.05, 0) is 42.3 Å². The summed E-state index contributed by atoms with van der Waals surface area (Å²) in [7, 11) is 0. The van der Waals surface area contributed by atoms with Crippen LogP contribution >= 0.6 is 11.6 Å². The number of nitrogens with zero attached hydrogens (tertiary/aromatic N) is 2. The van der Waals surface area contributed by atoms with Crippen LogP contribution in [-0.4, -0.2) is 46.4 Å². The van der Waals surface area contributed by atoms with E-state index in [2.05, 4.69) is 0 Å². The van der Waals surface area contributed by atoms with E-state index in [1.165, 1.54) is 28.0 Å². The summed E-state index contributed by atoms with van der Waals surface area (Å²) in [5.41, 5.74) is 1.54. The van der Waals surface area contributed by atoms with E-state index in [-0.39, 0.29) is 41.8 Å². The molecule has 0 saturated carbocycles. The smallest absolute Gasteiger partial charge is 0.260 e. The molecule has 1 saturated heterocycles. The Morgan fingerprint density at radius 2 is 1.86 bits per heavy atom. The van der Waals surface area contributed by atoms with Crippen LogP contribution < -0.4 is 0 Å². The molecule has 0 aliphatic carbocycles. The van der Waals surface area contributed by atoms with Crippen molar-refractivity contribution in [2.45, 2.75) is 19.4 Å². The van der Waals surface area contributed by atoms with E-state index < -0.39 is 5.91 Å². The summed E-state index contributed by atoms with van der Waals surface area (Å²) in [5.74, 6) is -1.16. The lowest BCUT2D eigenvalue weighted by Crippen LogP contribution is -2.41. The number of carbonyl (C=O) groups excluding carboxylic acids is 4. The van der Waals surface area contributed by atoms with Crippen LogP contribution in [0.4, 0.5) is 0 Å². The van der Waals surface area contributed by atoms with E-state index in [0.29, 0.717) is 30.0 Å². The van der Waals surface area contributed by atoms with Crippen molar-refractivity contribution in [3.05, 3.63) is 69.7 Å². The summed E-state index contributed by atoms with van der Waals surface area (Å²) in [6, 6.07) is 11.5. The number of carbonyl (C=O) groups is 4. The van der Waals surface area contributed by atoms with E-state index >= 15 is 0 Å². The normalized spacial score (nSPS) is 16.5. The van der Waals surface area contributed by atoms with Gasteiger partial charge in [0.25, 0.3) is 11.8 Å². The third-order valence-corrected chi connectivity index (χ3v) is 5.24. The fraction of sp³-hybridized carbons (Fsp3) is 0.238. The van der Waals surface area contributed by atoms with E-state index in [4.69, 9.17) is 11.6 Å². The molecule has 0 aromatic heterocycles. The minimum atomic E-state index is -0.433. The predicted molar refractivity (Wildman–Crippen MR) is 102 cm³/mol. The highest BCUT2D eigenvalue weighted by atomic mass is 35.5. The number of benzene rings is 2. The number of amides is 3. The molecule has 2 aromatic carbocycles. The number of Topliss-reactive ketones (excluding diaryl/α,β-unsaturated/α-hetero) is 1. The zero-order valence-electron chi connectivity index (χ0n) is 15.0. The Kier molecular flexibility index (Phi) is 4.73. The molecule has 0 N–H and O–H groups in total. The standard InChI is InChI=1S/C21H17ClN2O4/c22-15-4-1-3-13(9-15)11-23-12-18(25)16-7-6-14(10-17(16)21(23)28)20(27)24-8-2-5-19(24)26/h1,3-4,6-7,9-10H,2,5,8,11-12H2. The predicted octanol–water partition coefficient (Wildman–Crippen LogP) is 2.94. The molecule has 0 radical (unpaired) electrons. The second-order valence-electron chi connectivity index (χ2n) is 6.93. The van der Waals surface area contributed by atoms with Crippen molar-refractivity contribution in [2.75, 3.05) is 13.1 Å². The monoisotopic (exact) mass is 396 g/mol. The van der Waals surface area contributed by atoms with E-state index in [0.717, 1.165) is 5.56 Å². The molecule has 4 rings (SSSR count). The van der Waals surface area contributed by atoms with Crippen LogP contribution in [0.3, 0.4) is 0 Å². The van der Waals surface area contributed by atoms with E-state index in [1.54, 1.807) is 18.2 Å². The summed E-state index contributed by atoms with van der Waals surface area (Å²) < 4.78 is 0. The van der Waals surface area contributed by atoms with Crippen molar-refractivity contribution in [1.29, 1.82) is 0 Å². The summed E-state index contributed by atoms with van der Waals surface area (Å²) in [4.78, 5) is 52.6. The topological polar surface area (TPSA) is 74.8 Å². The van der Waals surface area contributed by atoms with Crippen LogP contribution in [0.15, 0.2) is 42.5 Å². The molecular weight excluding hydrogens is 380 g/mol. The number of hydrogen-bond donors (Lipinski definition) is 0. The Bertz CT molecular complexity index is 1020. The van der Waals surface area contributed by atoms with Crippen LogP contribution in [0.5, 0.6) is 0 Å². The molecule has 0 spiro atoms. The average Bonchev–Trinajstić information content (AvgIpc) is 3.11. The van der Waals surface area contributed by atoms with Crippen LogP contribution in [-0.2, 0) is 11.3 Å². The minimum Gasteiger partial charge on any atom is -0.327 e. The number of ketones is 1. The van der Waals surface area contributed by atoms with Gasteiger partial charge in [0.1, 0.15) is 0 Å². The number of likely N-dealkylation sites (tertiary alicyclic amines) is 1.